The van der Waals surface area contributed by atoms with Crippen molar-refractivity contribution in [3.63, 3.8) is 0 Å². The molecule has 1 aliphatic carbocycles. The van der Waals surface area contributed by atoms with Crippen molar-refractivity contribution < 1.29 is 14.3 Å². The van der Waals surface area contributed by atoms with Crippen molar-refractivity contribution in [2.75, 3.05) is 0 Å². The summed E-state index contributed by atoms with van der Waals surface area (Å²) in [6.07, 6.45) is 4.67. The number of guanidine groups is 1. The van der Waals surface area contributed by atoms with Crippen molar-refractivity contribution >= 4 is 18.1 Å². The van der Waals surface area contributed by atoms with Gasteiger partial charge in [0.2, 0.25) is 5.96 Å². The highest BCUT2D eigenvalue weighted by Gasteiger charge is 2.20. The number of nitrogens with one attached hydrogen (secondary N) is 3. The van der Waals surface area contributed by atoms with Gasteiger partial charge in [0.25, 0.3) is 0 Å². The molecule has 1 aromatic carbocycles. The Kier molecular flexibility index (Phi) is 7.64. The van der Waals surface area contributed by atoms with E-state index in [1.54, 1.807) is 20.8 Å². The van der Waals surface area contributed by atoms with Crippen LogP contribution in [0.4, 0.5) is 9.59 Å². The van der Waals surface area contributed by atoms with E-state index in [9.17, 15) is 9.59 Å². The second-order valence-electron chi connectivity index (χ2n) is 7.69. The number of alkyl carbamates (subject to hydrolysis) is 1. The summed E-state index contributed by atoms with van der Waals surface area (Å²) in [6.45, 7) is 5.73. The Morgan fingerprint density at radius 2 is 1.74 bits per heavy atom. The number of carbonyl (C=O) groups excluding carboxylic acids is 2. The largest absolute Gasteiger partial charge is 0.444 e. The summed E-state index contributed by atoms with van der Waals surface area (Å²) in [5.41, 5.74) is 0.355. The number of hydrogen-bond donors (Lipinski definition) is 3. The summed E-state index contributed by atoms with van der Waals surface area (Å²) in [5, 5.41) is 7.97. The molecule has 27 heavy (non-hydrogen) atoms. The number of hydrogen-bond acceptors (Lipinski definition) is 4. The van der Waals surface area contributed by atoms with E-state index in [-0.39, 0.29) is 12.0 Å². The Morgan fingerprint density at radius 3 is 2.37 bits per heavy atom. The quantitative estimate of drug-likeness (QED) is 0.556. The van der Waals surface area contributed by atoms with E-state index in [2.05, 4.69) is 20.9 Å². The minimum Gasteiger partial charge on any atom is -0.444 e. The van der Waals surface area contributed by atoms with Gasteiger partial charge in [-0.15, -0.1) is 0 Å². The van der Waals surface area contributed by atoms with Crippen LogP contribution in [0.3, 0.4) is 0 Å². The number of urea groups is 1. The fraction of sp³-hybridized carbons (Fsp3) is 0.550. The fourth-order valence-electron chi connectivity index (χ4n) is 2.82. The number of benzene rings is 1. The van der Waals surface area contributed by atoms with Gasteiger partial charge in [-0.05, 0) is 39.2 Å². The Hall–Kier alpha value is -2.57. The van der Waals surface area contributed by atoms with Gasteiger partial charge in [-0.3, -0.25) is 10.6 Å². The molecule has 0 radical (unpaired) electrons. The van der Waals surface area contributed by atoms with Crippen LogP contribution < -0.4 is 16.0 Å². The molecule has 1 saturated carbocycles. The highest BCUT2D eigenvalue weighted by molar-refractivity contribution is 6.02. The lowest BCUT2D eigenvalue weighted by Crippen LogP contribution is -2.49. The summed E-state index contributed by atoms with van der Waals surface area (Å²) < 4.78 is 5.27. The van der Waals surface area contributed by atoms with Gasteiger partial charge in [-0.2, -0.15) is 0 Å². The van der Waals surface area contributed by atoms with Crippen LogP contribution in [0.15, 0.2) is 35.3 Å². The predicted octanol–water partition coefficient (Wildman–Crippen LogP) is 3.70. The van der Waals surface area contributed by atoms with Crippen LogP contribution in [0.25, 0.3) is 0 Å². The molecule has 0 aliphatic heterocycles. The van der Waals surface area contributed by atoms with E-state index in [1.807, 2.05) is 30.3 Å². The van der Waals surface area contributed by atoms with Gasteiger partial charge in [0.05, 0.1) is 6.04 Å². The van der Waals surface area contributed by atoms with Gasteiger partial charge in [-0.1, -0.05) is 49.6 Å². The molecule has 0 atom stereocenters. The Morgan fingerprint density at radius 1 is 1.07 bits per heavy atom. The topological polar surface area (TPSA) is 91.8 Å². The highest BCUT2D eigenvalue weighted by atomic mass is 16.6. The van der Waals surface area contributed by atoms with E-state index in [1.165, 1.54) is 6.42 Å². The average Bonchev–Trinajstić information content (AvgIpc) is 2.60. The van der Waals surface area contributed by atoms with E-state index < -0.39 is 17.7 Å². The van der Waals surface area contributed by atoms with E-state index in [0.29, 0.717) is 6.54 Å². The molecule has 0 spiro atoms. The van der Waals surface area contributed by atoms with Gasteiger partial charge in [0.15, 0.2) is 0 Å². The number of amides is 3. The molecule has 0 saturated heterocycles. The summed E-state index contributed by atoms with van der Waals surface area (Å²) in [6, 6.07) is 9.27. The smallest absolute Gasteiger partial charge is 0.414 e. The van der Waals surface area contributed by atoms with Crippen molar-refractivity contribution in [1.29, 1.82) is 0 Å². The average molecular weight is 374 g/mol. The SMILES string of the molecule is CC(C)(C)OC(=O)NC(=NC1CCCCC1)NC(=O)NCc1ccccc1. The molecule has 0 aromatic heterocycles. The molecule has 0 bridgehead atoms. The van der Waals surface area contributed by atoms with Crippen molar-refractivity contribution in [1.82, 2.24) is 16.0 Å². The summed E-state index contributed by atoms with van der Waals surface area (Å²) in [7, 11) is 0. The van der Waals surface area contributed by atoms with Crippen molar-refractivity contribution in [3.05, 3.63) is 35.9 Å². The molecule has 2 rings (SSSR count). The minimum atomic E-state index is -0.639. The fourth-order valence-corrected chi connectivity index (χ4v) is 2.82. The first-order valence-corrected chi connectivity index (χ1v) is 9.48. The Balaban J connectivity index is 1.96. The van der Waals surface area contributed by atoms with Crippen LogP contribution in [0, 0.1) is 0 Å². The second kappa shape index (κ2) is 9.94. The maximum atomic E-state index is 12.2. The number of rotatable bonds is 3. The van der Waals surface area contributed by atoms with Crippen molar-refractivity contribution in [3.8, 4) is 0 Å². The summed E-state index contributed by atoms with van der Waals surface area (Å²) in [5.74, 6) is 0.127. The molecule has 3 N–H and O–H groups in total. The number of ether oxygens (including phenoxy) is 1. The first kappa shape index (κ1) is 20.7. The molecule has 0 heterocycles. The third kappa shape index (κ3) is 8.57. The zero-order chi connectivity index (χ0) is 19.7. The molecular weight excluding hydrogens is 344 g/mol. The number of aliphatic imine (C=N–C) groups is 1. The number of carbonyl (C=O) groups is 2. The van der Waals surface area contributed by atoms with Crippen LogP contribution in [-0.4, -0.2) is 29.7 Å². The summed E-state index contributed by atoms with van der Waals surface area (Å²) in [4.78, 5) is 28.9. The van der Waals surface area contributed by atoms with Gasteiger partial charge in [-0.25, -0.2) is 14.6 Å². The standard InChI is InChI=1S/C20H30N4O3/c1-20(2,3)27-19(26)24-17(22-16-12-8-5-9-13-16)23-18(25)21-14-15-10-6-4-7-11-15/h4,6-7,10-11,16H,5,8-9,12-14H2,1-3H3,(H3,21,22,23,24,25,26). The van der Waals surface area contributed by atoms with Crippen LogP contribution in [0.5, 0.6) is 0 Å². The lowest BCUT2D eigenvalue weighted by Gasteiger charge is -2.22. The van der Waals surface area contributed by atoms with Gasteiger partial charge < -0.3 is 10.1 Å². The zero-order valence-electron chi connectivity index (χ0n) is 16.4. The lowest BCUT2D eigenvalue weighted by atomic mass is 9.96. The van der Waals surface area contributed by atoms with Crippen LogP contribution in [-0.2, 0) is 11.3 Å². The van der Waals surface area contributed by atoms with Crippen LogP contribution in [0.2, 0.25) is 0 Å². The normalized spacial score (nSPS) is 15.7. The maximum absolute atomic E-state index is 12.2. The maximum Gasteiger partial charge on any atom is 0.414 e. The predicted molar refractivity (Wildman–Crippen MR) is 105 cm³/mol. The van der Waals surface area contributed by atoms with E-state index in [0.717, 1.165) is 31.2 Å². The molecule has 0 unspecified atom stereocenters. The van der Waals surface area contributed by atoms with E-state index >= 15 is 0 Å². The lowest BCUT2D eigenvalue weighted by molar-refractivity contribution is 0.0561. The first-order chi connectivity index (χ1) is 12.8. The summed E-state index contributed by atoms with van der Waals surface area (Å²) >= 11 is 0. The Bertz CT molecular complexity index is 647. The van der Waals surface area contributed by atoms with Gasteiger partial charge in [0.1, 0.15) is 5.60 Å². The first-order valence-electron chi connectivity index (χ1n) is 9.48. The monoisotopic (exact) mass is 374 g/mol. The molecular formula is C20H30N4O3. The molecule has 7 nitrogen and oxygen atoms in total. The Labute approximate surface area is 161 Å². The molecule has 1 aromatic rings. The molecule has 3 amide bonds. The minimum absolute atomic E-state index is 0.0955. The van der Waals surface area contributed by atoms with Gasteiger partial charge >= 0.3 is 12.1 Å². The molecule has 148 valence electrons. The van der Waals surface area contributed by atoms with Gasteiger partial charge in [0, 0.05) is 6.54 Å². The van der Waals surface area contributed by atoms with Crippen LogP contribution in [0.1, 0.15) is 58.4 Å². The molecule has 1 aliphatic rings. The highest BCUT2D eigenvalue weighted by Crippen LogP contribution is 2.20. The van der Waals surface area contributed by atoms with Crippen molar-refractivity contribution in [2.24, 2.45) is 4.99 Å². The zero-order valence-corrected chi connectivity index (χ0v) is 16.4. The third-order valence-electron chi connectivity index (χ3n) is 4.03. The third-order valence-corrected chi connectivity index (χ3v) is 4.03. The van der Waals surface area contributed by atoms with E-state index in [4.69, 9.17) is 4.74 Å². The molecule has 7 heteroatoms. The molecule has 1 fully saturated rings. The second-order valence-corrected chi connectivity index (χ2v) is 7.69. The van der Waals surface area contributed by atoms with Crippen LogP contribution >= 0.6 is 0 Å². The number of nitrogens with zero attached hydrogens (tertiary/aromatic N) is 1. The van der Waals surface area contributed by atoms with Crippen molar-refractivity contribution in [2.45, 2.75) is 71.1 Å².